The van der Waals surface area contributed by atoms with E-state index >= 15 is 0 Å². The van der Waals surface area contributed by atoms with Gasteiger partial charge in [0.1, 0.15) is 10.5 Å². The molecule has 0 atom stereocenters. The molecule has 1 aliphatic carbocycles. The Hall–Kier alpha value is -2.53. The summed E-state index contributed by atoms with van der Waals surface area (Å²) in [7, 11) is 0. The van der Waals surface area contributed by atoms with Gasteiger partial charge in [0.2, 0.25) is 0 Å². The molecule has 31 heavy (non-hydrogen) atoms. The van der Waals surface area contributed by atoms with Crippen molar-refractivity contribution in [3.8, 4) is 16.9 Å². The number of pyridine rings is 1. The summed E-state index contributed by atoms with van der Waals surface area (Å²) >= 11 is 1.48. The Balaban J connectivity index is 1.73. The fourth-order valence-corrected chi connectivity index (χ4v) is 5.54. The van der Waals surface area contributed by atoms with Crippen LogP contribution in [0.3, 0.4) is 0 Å². The quantitative estimate of drug-likeness (QED) is 0.349. The molecular formula is C26H29NO3S. The number of carboxylic acids is 1. The molecule has 1 aromatic heterocycles. The van der Waals surface area contributed by atoms with Crippen LogP contribution < -0.4 is 4.74 Å². The van der Waals surface area contributed by atoms with Crippen molar-refractivity contribution in [3.63, 3.8) is 0 Å². The van der Waals surface area contributed by atoms with E-state index in [0.29, 0.717) is 18.9 Å². The molecule has 2 aromatic carbocycles. The SMILES string of the molecule is CCCC(CCC)(Sc1ccnc2ccc(-c3cccc(OC4CC4)c3)cc12)C(=O)O. The highest BCUT2D eigenvalue weighted by atomic mass is 32.2. The zero-order valence-electron chi connectivity index (χ0n) is 18.1. The molecule has 0 amide bonds. The highest BCUT2D eigenvalue weighted by Crippen LogP contribution is 2.43. The van der Waals surface area contributed by atoms with Crippen LogP contribution in [0.2, 0.25) is 0 Å². The summed E-state index contributed by atoms with van der Waals surface area (Å²) in [6.45, 7) is 4.10. The van der Waals surface area contributed by atoms with Crippen LogP contribution in [0, 0.1) is 0 Å². The predicted molar refractivity (Wildman–Crippen MR) is 127 cm³/mol. The second-order valence-corrected chi connectivity index (χ2v) is 9.71. The van der Waals surface area contributed by atoms with E-state index in [0.717, 1.165) is 58.4 Å². The molecule has 1 saturated carbocycles. The van der Waals surface area contributed by atoms with Crippen LogP contribution in [0.25, 0.3) is 22.0 Å². The van der Waals surface area contributed by atoms with Gasteiger partial charge in [0.05, 0.1) is 11.6 Å². The van der Waals surface area contributed by atoms with Gasteiger partial charge in [-0.05, 0) is 67.1 Å². The minimum absolute atomic E-state index is 0.361. The standard InChI is InChI=1S/C26H29NO3S/c1-3-13-26(14-4-2,25(28)29)31-24-12-15-27-23-11-8-19(17-22(23)24)18-6-5-7-21(16-18)30-20-9-10-20/h5-8,11-12,15-17,20H,3-4,9-10,13-14H2,1-2H3,(H,28,29). The average molecular weight is 436 g/mol. The summed E-state index contributed by atoms with van der Waals surface area (Å²) < 4.78 is 5.15. The van der Waals surface area contributed by atoms with Crippen LogP contribution >= 0.6 is 11.8 Å². The first-order valence-electron chi connectivity index (χ1n) is 11.1. The van der Waals surface area contributed by atoms with Crippen LogP contribution in [0.1, 0.15) is 52.4 Å². The number of benzene rings is 2. The topological polar surface area (TPSA) is 59.4 Å². The number of carbonyl (C=O) groups is 1. The second kappa shape index (κ2) is 9.31. The van der Waals surface area contributed by atoms with E-state index in [1.807, 2.05) is 38.1 Å². The third-order valence-corrected chi connectivity index (χ3v) is 7.25. The lowest BCUT2D eigenvalue weighted by Crippen LogP contribution is -2.34. The number of aliphatic carboxylic acids is 1. The van der Waals surface area contributed by atoms with Crippen LogP contribution in [-0.4, -0.2) is 26.9 Å². The molecule has 1 N–H and O–H groups in total. The van der Waals surface area contributed by atoms with Crippen molar-refractivity contribution in [3.05, 3.63) is 54.7 Å². The van der Waals surface area contributed by atoms with E-state index < -0.39 is 10.7 Å². The molecule has 1 fully saturated rings. The number of hydrogen-bond acceptors (Lipinski definition) is 4. The lowest BCUT2D eigenvalue weighted by Gasteiger charge is -2.28. The number of hydrogen-bond donors (Lipinski definition) is 1. The minimum Gasteiger partial charge on any atom is -0.490 e. The Bertz CT molecular complexity index is 1070. The van der Waals surface area contributed by atoms with E-state index in [9.17, 15) is 9.90 Å². The second-order valence-electron chi connectivity index (χ2n) is 8.29. The van der Waals surface area contributed by atoms with Gasteiger partial charge in [-0.2, -0.15) is 0 Å². The van der Waals surface area contributed by atoms with E-state index in [-0.39, 0.29) is 0 Å². The predicted octanol–water partition coefficient (Wildman–Crippen LogP) is 6.96. The molecule has 162 valence electrons. The summed E-state index contributed by atoms with van der Waals surface area (Å²) in [5, 5.41) is 11.1. The molecule has 0 aliphatic heterocycles. The molecular weight excluding hydrogens is 406 g/mol. The number of nitrogens with zero attached hydrogens (tertiary/aromatic N) is 1. The van der Waals surface area contributed by atoms with Gasteiger partial charge in [-0.15, -0.1) is 11.8 Å². The van der Waals surface area contributed by atoms with E-state index in [2.05, 4.69) is 29.2 Å². The maximum atomic E-state index is 12.3. The lowest BCUT2D eigenvalue weighted by molar-refractivity contribution is -0.140. The van der Waals surface area contributed by atoms with Gasteiger partial charge in [0, 0.05) is 16.5 Å². The number of ether oxygens (including phenoxy) is 1. The molecule has 0 unspecified atom stereocenters. The summed E-state index contributed by atoms with van der Waals surface area (Å²) in [6, 6.07) is 16.4. The molecule has 0 spiro atoms. The number of aromatic nitrogens is 1. The molecule has 4 nitrogen and oxygen atoms in total. The van der Waals surface area contributed by atoms with Gasteiger partial charge >= 0.3 is 5.97 Å². The Morgan fingerprint density at radius 2 is 1.84 bits per heavy atom. The van der Waals surface area contributed by atoms with Gasteiger partial charge in [-0.1, -0.05) is 44.9 Å². The van der Waals surface area contributed by atoms with Crippen molar-refractivity contribution in [1.82, 2.24) is 4.98 Å². The first kappa shape index (κ1) is 21.7. The molecule has 0 saturated heterocycles. The maximum Gasteiger partial charge on any atom is 0.320 e. The Morgan fingerprint density at radius 3 is 2.52 bits per heavy atom. The van der Waals surface area contributed by atoms with Gasteiger partial charge < -0.3 is 9.84 Å². The highest BCUT2D eigenvalue weighted by Gasteiger charge is 2.38. The third-order valence-electron chi connectivity index (χ3n) is 5.70. The third kappa shape index (κ3) is 4.87. The largest absolute Gasteiger partial charge is 0.490 e. The molecule has 3 aromatic rings. The Morgan fingerprint density at radius 1 is 1.10 bits per heavy atom. The first-order chi connectivity index (χ1) is 15.0. The van der Waals surface area contributed by atoms with Crippen molar-refractivity contribution in [2.75, 3.05) is 0 Å². The molecule has 1 aliphatic rings. The van der Waals surface area contributed by atoms with Crippen molar-refractivity contribution in [1.29, 1.82) is 0 Å². The van der Waals surface area contributed by atoms with Crippen LogP contribution in [0.4, 0.5) is 0 Å². The molecule has 0 radical (unpaired) electrons. The summed E-state index contributed by atoms with van der Waals surface area (Å²) in [5.74, 6) is 0.170. The molecule has 0 bridgehead atoms. The van der Waals surface area contributed by atoms with Gasteiger partial charge in [-0.3, -0.25) is 9.78 Å². The van der Waals surface area contributed by atoms with Crippen molar-refractivity contribution >= 4 is 28.6 Å². The minimum atomic E-state index is -0.814. The Labute approximate surface area is 188 Å². The zero-order chi connectivity index (χ0) is 21.8. The fraction of sp³-hybridized carbons (Fsp3) is 0.385. The number of fused-ring (bicyclic) bond motifs is 1. The number of thioether (sulfide) groups is 1. The monoisotopic (exact) mass is 435 g/mol. The number of rotatable bonds is 10. The normalized spacial score (nSPS) is 14.0. The highest BCUT2D eigenvalue weighted by molar-refractivity contribution is 8.01. The molecule has 4 rings (SSSR count). The lowest BCUT2D eigenvalue weighted by atomic mass is 9.97. The van der Waals surface area contributed by atoms with Crippen LogP contribution in [-0.2, 0) is 4.79 Å². The van der Waals surface area contributed by atoms with E-state index in [1.165, 1.54) is 11.8 Å². The number of carboxylic acid groups (broad SMARTS) is 1. The van der Waals surface area contributed by atoms with E-state index in [4.69, 9.17) is 4.74 Å². The molecule has 5 heteroatoms. The maximum absolute atomic E-state index is 12.3. The van der Waals surface area contributed by atoms with Crippen molar-refractivity contribution in [2.24, 2.45) is 0 Å². The smallest absolute Gasteiger partial charge is 0.320 e. The van der Waals surface area contributed by atoms with Gasteiger partial charge in [0.15, 0.2) is 0 Å². The van der Waals surface area contributed by atoms with Crippen LogP contribution in [0.5, 0.6) is 5.75 Å². The average Bonchev–Trinajstić information content (AvgIpc) is 3.58. The summed E-state index contributed by atoms with van der Waals surface area (Å²) in [5.41, 5.74) is 3.05. The zero-order valence-corrected chi connectivity index (χ0v) is 19.0. The first-order valence-corrected chi connectivity index (χ1v) is 11.9. The van der Waals surface area contributed by atoms with Gasteiger partial charge in [0.25, 0.3) is 0 Å². The van der Waals surface area contributed by atoms with Crippen molar-refractivity contribution in [2.45, 2.75) is 68.1 Å². The van der Waals surface area contributed by atoms with Crippen molar-refractivity contribution < 1.29 is 14.6 Å². The fourth-order valence-electron chi connectivity index (χ4n) is 4.02. The van der Waals surface area contributed by atoms with Crippen LogP contribution in [0.15, 0.2) is 59.6 Å². The van der Waals surface area contributed by atoms with E-state index in [1.54, 1.807) is 6.20 Å². The Kier molecular flexibility index (Phi) is 6.51. The van der Waals surface area contributed by atoms with Gasteiger partial charge in [-0.25, -0.2) is 0 Å². The molecule has 1 heterocycles. The summed E-state index contributed by atoms with van der Waals surface area (Å²) in [4.78, 5) is 17.8. The summed E-state index contributed by atoms with van der Waals surface area (Å²) in [6.07, 6.45) is 7.36.